The van der Waals surface area contributed by atoms with E-state index in [4.69, 9.17) is 5.11 Å². The van der Waals surface area contributed by atoms with E-state index in [1.807, 2.05) is 11.8 Å². The summed E-state index contributed by atoms with van der Waals surface area (Å²) < 4.78 is 23.0. The molecule has 1 N–H and O–H groups in total. The number of pyridine rings is 1. The van der Waals surface area contributed by atoms with Gasteiger partial charge in [0.2, 0.25) is 0 Å². The topological polar surface area (TPSA) is 87.6 Å². The van der Waals surface area contributed by atoms with Crippen LogP contribution in [-0.2, 0) is 16.4 Å². The Morgan fingerprint density at radius 2 is 2.26 bits per heavy atom. The molecule has 0 aliphatic carbocycles. The van der Waals surface area contributed by atoms with Crippen LogP contribution in [-0.4, -0.2) is 53.5 Å². The van der Waals surface area contributed by atoms with Gasteiger partial charge in [0.25, 0.3) is 0 Å². The van der Waals surface area contributed by atoms with Crippen molar-refractivity contribution in [2.75, 3.05) is 18.1 Å². The fourth-order valence-corrected chi connectivity index (χ4v) is 3.79. The molecule has 0 radical (unpaired) electrons. The van der Waals surface area contributed by atoms with E-state index in [-0.39, 0.29) is 23.2 Å². The third kappa shape index (κ3) is 3.51. The van der Waals surface area contributed by atoms with Gasteiger partial charge in [0, 0.05) is 19.1 Å². The van der Waals surface area contributed by atoms with Gasteiger partial charge >= 0.3 is 5.97 Å². The molecule has 1 aromatic rings. The predicted molar refractivity (Wildman–Crippen MR) is 69.7 cm³/mol. The zero-order chi connectivity index (χ0) is 14.0. The Bertz CT molecular complexity index is 585. The maximum Gasteiger partial charge on any atom is 0.354 e. The van der Waals surface area contributed by atoms with Crippen LogP contribution in [0.3, 0.4) is 0 Å². The number of aromatic nitrogens is 1. The lowest BCUT2D eigenvalue weighted by atomic mass is 10.2. The van der Waals surface area contributed by atoms with Crippen molar-refractivity contribution in [1.29, 1.82) is 0 Å². The number of hydrogen-bond acceptors (Lipinski definition) is 5. The van der Waals surface area contributed by atoms with Crippen LogP contribution in [0.15, 0.2) is 18.2 Å². The van der Waals surface area contributed by atoms with Crippen molar-refractivity contribution in [1.82, 2.24) is 9.88 Å². The van der Waals surface area contributed by atoms with E-state index in [0.29, 0.717) is 18.8 Å². The molecular formula is C12H16N2O4S. The fourth-order valence-electron chi connectivity index (χ4n) is 2.16. The van der Waals surface area contributed by atoms with Gasteiger partial charge in [-0.1, -0.05) is 6.07 Å². The molecule has 7 heteroatoms. The Morgan fingerprint density at radius 1 is 1.53 bits per heavy atom. The summed E-state index contributed by atoms with van der Waals surface area (Å²) in [6.45, 7) is 2.79. The molecule has 2 rings (SSSR count). The summed E-state index contributed by atoms with van der Waals surface area (Å²) >= 11 is 0. The van der Waals surface area contributed by atoms with E-state index in [0.717, 1.165) is 0 Å². The minimum Gasteiger partial charge on any atom is -0.477 e. The van der Waals surface area contributed by atoms with E-state index in [2.05, 4.69) is 4.98 Å². The van der Waals surface area contributed by atoms with E-state index < -0.39 is 15.8 Å². The lowest BCUT2D eigenvalue weighted by molar-refractivity contribution is 0.0690. The molecule has 19 heavy (non-hydrogen) atoms. The normalized spacial score (nSPS) is 23.1. The van der Waals surface area contributed by atoms with Crippen LogP contribution in [0.1, 0.15) is 23.1 Å². The van der Waals surface area contributed by atoms with Crippen LogP contribution in [0.25, 0.3) is 0 Å². The first-order valence-electron chi connectivity index (χ1n) is 6.01. The van der Waals surface area contributed by atoms with Gasteiger partial charge in [-0.2, -0.15) is 0 Å². The van der Waals surface area contributed by atoms with E-state index in [9.17, 15) is 13.2 Å². The zero-order valence-corrected chi connectivity index (χ0v) is 11.4. The van der Waals surface area contributed by atoms with Gasteiger partial charge in [0.1, 0.15) is 5.69 Å². The lowest BCUT2D eigenvalue weighted by Crippen LogP contribution is -2.46. The van der Waals surface area contributed by atoms with Gasteiger partial charge in [-0.3, -0.25) is 4.90 Å². The third-order valence-corrected chi connectivity index (χ3v) is 4.99. The Hall–Kier alpha value is -1.47. The summed E-state index contributed by atoms with van der Waals surface area (Å²) in [5.74, 6) is -0.766. The number of carbonyl (C=O) groups is 1. The van der Waals surface area contributed by atoms with Crippen LogP contribution in [0.2, 0.25) is 0 Å². The van der Waals surface area contributed by atoms with Crippen molar-refractivity contribution >= 4 is 15.8 Å². The molecule has 0 amide bonds. The molecule has 0 bridgehead atoms. The Kier molecular flexibility index (Phi) is 3.86. The largest absolute Gasteiger partial charge is 0.477 e. The van der Waals surface area contributed by atoms with Crippen molar-refractivity contribution in [3.05, 3.63) is 29.6 Å². The first-order chi connectivity index (χ1) is 8.87. The van der Waals surface area contributed by atoms with Crippen molar-refractivity contribution < 1.29 is 18.3 Å². The second-order valence-electron chi connectivity index (χ2n) is 4.75. The number of aromatic carboxylic acids is 1. The van der Waals surface area contributed by atoms with Gasteiger partial charge < -0.3 is 5.11 Å². The fraction of sp³-hybridized carbons (Fsp3) is 0.500. The second-order valence-corrected chi connectivity index (χ2v) is 6.98. The van der Waals surface area contributed by atoms with Gasteiger partial charge in [-0.15, -0.1) is 0 Å². The average molecular weight is 284 g/mol. The molecule has 1 fully saturated rings. The van der Waals surface area contributed by atoms with Crippen LogP contribution in [0, 0.1) is 0 Å². The smallest absolute Gasteiger partial charge is 0.354 e. The molecule has 1 atom stereocenters. The van der Waals surface area contributed by atoms with Crippen molar-refractivity contribution in [3.63, 3.8) is 0 Å². The molecule has 1 saturated heterocycles. The molecule has 1 aliphatic rings. The highest BCUT2D eigenvalue weighted by atomic mass is 32.2. The number of sulfone groups is 1. The first-order valence-corrected chi connectivity index (χ1v) is 7.83. The molecule has 1 aliphatic heterocycles. The highest BCUT2D eigenvalue weighted by Gasteiger charge is 2.28. The van der Waals surface area contributed by atoms with Crippen molar-refractivity contribution in [2.24, 2.45) is 0 Å². The number of carboxylic acids is 1. The monoisotopic (exact) mass is 284 g/mol. The molecule has 104 valence electrons. The molecular weight excluding hydrogens is 268 g/mol. The van der Waals surface area contributed by atoms with Gasteiger partial charge in [-0.25, -0.2) is 18.2 Å². The first kappa shape index (κ1) is 14.0. The highest BCUT2D eigenvalue weighted by molar-refractivity contribution is 7.91. The summed E-state index contributed by atoms with van der Waals surface area (Å²) in [6.07, 6.45) is 0. The Labute approximate surface area is 112 Å². The van der Waals surface area contributed by atoms with E-state index in [1.54, 1.807) is 12.1 Å². The SMILES string of the molecule is CC1CS(=O)(=O)CCN1Cc1cccc(C(=O)O)n1. The minimum atomic E-state index is -2.93. The Balaban J connectivity index is 2.09. The zero-order valence-electron chi connectivity index (χ0n) is 10.6. The third-order valence-electron chi connectivity index (χ3n) is 3.20. The molecule has 0 spiro atoms. The predicted octanol–water partition coefficient (Wildman–Crippen LogP) is 0.399. The molecule has 6 nitrogen and oxygen atoms in total. The minimum absolute atomic E-state index is 0.00906. The van der Waals surface area contributed by atoms with Crippen molar-refractivity contribution in [2.45, 2.75) is 19.5 Å². The number of rotatable bonds is 3. The summed E-state index contributed by atoms with van der Waals surface area (Å²) in [6, 6.07) is 4.77. The lowest BCUT2D eigenvalue weighted by Gasteiger charge is -2.32. The molecule has 0 aromatic carbocycles. The average Bonchev–Trinajstić information content (AvgIpc) is 2.32. The van der Waals surface area contributed by atoms with Crippen molar-refractivity contribution in [3.8, 4) is 0 Å². The molecule has 2 heterocycles. The van der Waals surface area contributed by atoms with Crippen LogP contribution < -0.4 is 0 Å². The molecule has 1 aromatic heterocycles. The van der Waals surface area contributed by atoms with Crippen LogP contribution >= 0.6 is 0 Å². The molecule has 0 saturated carbocycles. The summed E-state index contributed by atoms with van der Waals surface area (Å²) in [5.41, 5.74) is 0.654. The number of hydrogen-bond donors (Lipinski definition) is 1. The van der Waals surface area contributed by atoms with E-state index in [1.165, 1.54) is 6.07 Å². The maximum atomic E-state index is 11.5. The summed E-state index contributed by atoms with van der Waals surface area (Å²) in [5, 5.41) is 8.88. The van der Waals surface area contributed by atoms with Crippen LogP contribution in [0.5, 0.6) is 0 Å². The van der Waals surface area contributed by atoms with E-state index >= 15 is 0 Å². The van der Waals surface area contributed by atoms with Crippen LogP contribution in [0.4, 0.5) is 0 Å². The summed E-state index contributed by atoms with van der Waals surface area (Å²) in [7, 11) is -2.93. The Morgan fingerprint density at radius 3 is 2.89 bits per heavy atom. The van der Waals surface area contributed by atoms with Gasteiger partial charge in [0.15, 0.2) is 9.84 Å². The number of nitrogens with zero attached hydrogens (tertiary/aromatic N) is 2. The second kappa shape index (κ2) is 5.26. The van der Waals surface area contributed by atoms with Gasteiger partial charge in [0.05, 0.1) is 17.2 Å². The standard InChI is InChI=1S/C12H16N2O4S/c1-9-8-19(17,18)6-5-14(9)7-10-3-2-4-11(13-10)12(15)16/h2-4,9H,5-8H2,1H3,(H,15,16). The quantitative estimate of drug-likeness (QED) is 0.864. The summed E-state index contributed by atoms with van der Waals surface area (Å²) in [4.78, 5) is 16.9. The van der Waals surface area contributed by atoms with Gasteiger partial charge in [-0.05, 0) is 19.1 Å². The molecule has 1 unspecified atom stereocenters. The number of carboxylic acid groups (broad SMARTS) is 1. The maximum absolute atomic E-state index is 11.5. The highest BCUT2D eigenvalue weighted by Crippen LogP contribution is 2.14.